The molecule has 0 bridgehead atoms. The molecule has 0 aliphatic carbocycles. The zero-order chi connectivity index (χ0) is 17.6. The Morgan fingerprint density at radius 1 is 1.28 bits per heavy atom. The van der Waals surface area contributed by atoms with Crippen molar-refractivity contribution in [2.24, 2.45) is 5.92 Å². The highest BCUT2D eigenvalue weighted by Crippen LogP contribution is 2.23. The van der Waals surface area contributed by atoms with Crippen LogP contribution in [0, 0.1) is 5.92 Å². The first-order chi connectivity index (χ1) is 12.1. The first-order valence-corrected chi connectivity index (χ1v) is 8.85. The molecule has 1 aliphatic heterocycles. The van der Waals surface area contributed by atoms with Gasteiger partial charge in [-0.25, -0.2) is 4.79 Å². The molecule has 5 nitrogen and oxygen atoms in total. The molecule has 7 heteroatoms. The van der Waals surface area contributed by atoms with E-state index in [1.165, 1.54) is 0 Å². The van der Waals surface area contributed by atoms with Crippen LogP contribution in [0.25, 0.3) is 0 Å². The summed E-state index contributed by atoms with van der Waals surface area (Å²) in [5.74, 6) is 0.480. The molecule has 132 valence electrons. The molecule has 0 atom stereocenters. The van der Waals surface area contributed by atoms with Crippen LogP contribution in [0.15, 0.2) is 42.7 Å². The van der Waals surface area contributed by atoms with Crippen LogP contribution in [0.1, 0.15) is 12.0 Å². The first kappa shape index (κ1) is 18.0. The molecule has 2 amide bonds. The van der Waals surface area contributed by atoms with Gasteiger partial charge >= 0.3 is 6.03 Å². The van der Waals surface area contributed by atoms with Crippen molar-refractivity contribution in [1.82, 2.24) is 9.88 Å². The number of ether oxygens (including phenoxy) is 1. The van der Waals surface area contributed by atoms with Crippen molar-refractivity contribution < 1.29 is 9.53 Å². The number of aromatic nitrogens is 1. The number of pyridine rings is 1. The van der Waals surface area contributed by atoms with Gasteiger partial charge in [0, 0.05) is 25.9 Å². The number of amides is 2. The molecule has 1 N–H and O–H groups in total. The summed E-state index contributed by atoms with van der Waals surface area (Å²) in [6, 6.07) is 9.02. The van der Waals surface area contributed by atoms with Gasteiger partial charge in [-0.05, 0) is 42.2 Å². The molecular weight excluding hydrogens is 361 g/mol. The van der Waals surface area contributed by atoms with E-state index in [1.807, 2.05) is 18.2 Å². The zero-order valence-electron chi connectivity index (χ0n) is 13.6. The fourth-order valence-corrected chi connectivity index (χ4v) is 2.95. The Balaban J connectivity index is 1.31. The number of halogens is 2. The largest absolute Gasteiger partial charge is 0.377 e. The van der Waals surface area contributed by atoms with Crippen molar-refractivity contribution in [3.8, 4) is 0 Å². The molecule has 0 spiro atoms. The van der Waals surface area contributed by atoms with Gasteiger partial charge in [-0.1, -0.05) is 29.3 Å². The van der Waals surface area contributed by atoms with Crippen LogP contribution in [0.4, 0.5) is 10.5 Å². The second kappa shape index (κ2) is 8.52. The number of hydrogen-bond donors (Lipinski definition) is 1. The van der Waals surface area contributed by atoms with Gasteiger partial charge in [0.1, 0.15) is 0 Å². The van der Waals surface area contributed by atoms with Crippen LogP contribution in [0.5, 0.6) is 0 Å². The van der Waals surface area contributed by atoms with Gasteiger partial charge in [0.2, 0.25) is 0 Å². The fraction of sp³-hybridized carbons (Fsp3) is 0.333. The maximum atomic E-state index is 12.0. The maximum Gasteiger partial charge on any atom is 0.321 e. The van der Waals surface area contributed by atoms with Crippen LogP contribution in [-0.2, 0) is 11.3 Å². The lowest BCUT2D eigenvalue weighted by atomic mass is 9.97. The highest BCUT2D eigenvalue weighted by Gasteiger charge is 2.30. The Labute approximate surface area is 156 Å². The van der Waals surface area contributed by atoms with Gasteiger partial charge in [0.05, 0.1) is 28.5 Å². The quantitative estimate of drug-likeness (QED) is 0.753. The van der Waals surface area contributed by atoms with Gasteiger partial charge in [-0.2, -0.15) is 0 Å². The SMILES string of the molecule is O=C(Nc1cccnc1)N1CC(CCOCc2ccc(Cl)c(Cl)c2)C1. The average molecular weight is 380 g/mol. The topological polar surface area (TPSA) is 54.5 Å². The van der Waals surface area contributed by atoms with E-state index in [2.05, 4.69) is 10.3 Å². The molecule has 0 unspecified atom stereocenters. The van der Waals surface area contributed by atoms with E-state index in [1.54, 1.807) is 29.4 Å². The lowest BCUT2D eigenvalue weighted by molar-refractivity contribution is 0.0691. The summed E-state index contributed by atoms with van der Waals surface area (Å²) < 4.78 is 5.68. The van der Waals surface area contributed by atoms with Crippen LogP contribution in [0.3, 0.4) is 0 Å². The third kappa shape index (κ3) is 5.08. The summed E-state index contributed by atoms with van der Waals surface area (Å²) in [5.41, 5.74) is 1.71. The number of carbonyl (C=O) groups is 1. The molecule has 2 aromatic rings. The molecule has 1 saturated heterocycles. The normalized spacial score (nSPS) is 14.2. The third-order valence-electron chi connectivity index (χ3n) is 4.08. The summed E-state index contributed by atoms with van der Waals surface area (Å²) in [5, 5.41) is 3.92. The van der Waals surface area contributed by atoms with Gasteiger partial charge < -0.3 is 15.0 Å². The molecule has 1 fully saturated rings. The van der Waals surface area contributed by atoms with Gasteiger partial charge in [-0.3, -0.25) is 4.98 Å². The zero-order valence-corrected chi connectivity index (χ0v) is 15.1. The number of nitrogens with one attached hydrogen (secondary N) is 1. The number of nitrogens with zero attached hydrogens (tertiary/aromatic N) is 2. The van der Waals surface area contributed by atoms with Gasteiger partial charge in [0.15, 0.2) is 0 Å². The third-order valence-corrected chi connectivity index (χ3v) is 4.82. The van der Waals surface area contributed by atoms with Crippen LogP contribution >= 0.6 is 23.2 Å². The summed E-state index contributed by atoms with van der Waals surface area (Å²) in [7, 11) is 0. The molecule has 1 aromatic heterocycles. The number of rotatable bonds is 6. The smallest absolute Gasteiger partial charge is 0.321 e. The van der Waals surface area contributed by atoms with Gasteiger partial charge in [0.25, 0.3) is 0 Å². The minimum atomic E-state index is -0.0824. The highest BCUT2D eigenvalue weighted by molar-refractivity contribution is 6.42. The second-order valence-electron chi connectivity index (χ2n) is 6.03. The van der Waals surface area contributed by atoms with E-state index in [0.717, 1.165) is 25.1 Å². The minimum Gasteiger partial charge on any atom is -0.377 e. The van der Waals surface area contributed by atoms with E-state index in [-0.39, 0.29) is 6.03 Å². The van der Waals surface area contributed by atoms with E-state index >= 15 is 0 Å². The fourth-order valence-electron chi connectivity index (χ4n) is 2.63. The van der Waals surface area contributed by atoms with E-state index < -0.39 is 0 Å². The van der Waals surface area contributed by atoms with E-state index in [4.69, 9.17) is 27.9 Å². The predicted molar refractivity (Wildman–Crippen MR) is 99.1 cm³/mol. The number of likely N-dealkylation sites (tertiary alicyclic amines) is 1. The Kier molecular flexibility index (Phi) is 6.13. The van der Waals surface area contributed by atoms with Crippen molar-refractivity contribution >= 4 is 34.9 Å². The second-order valence-corrected chi connectivity index (χ2v) is 6.85. The predicted octanol–water partition coefficient (Wildman–Crippen LogP) is 4.46. The minimum absolute atomic E-state index is 0.0824. The summed E-state index contributed by atoms with van der Waals surface area (Å²) in [6.45, 7) is 2.67. The van der Waals surface area contributed by atoms with Crippen molar-refractivity contribution in [3.05, 3.63) is 58.3 Å². The summed E-state index contributed by atoms with van der Waals surface area (Å²) >= 11 is 11.9. The van der Waals surface area contributed by atoms with Crippen LogP contribution in [0.2, 0.25) is 10.0 Å². The van der Waals surface area contributed by atoms with Crippen molar-refractivity contribution in [1.29, 1.82) is 0 Å². The average Bonchev–Trinajstić information content (AvgIpc) is 2.57. The number of benzene rings is 1. The molecule has 0 radical (unpaired) electrons. The lowest BCUT2D eigenvalue weighted by Gasteiger charge is -2.39. The standard InChI is InChI=1S/C18H19Cl2N3O2/c19-16-4-3-13(8-17(16)20)12-25-7-5-14-10-23(11-14)18(24)22-15-2-1-6-21-9-15/h1-4,6,8-9,14H,5,7,10-12H2,(H,22,24). The Morgan fingerprint density at radius 2 is 2.12 bits per heavy atom. The number of urea groups is 1. The summed E-state index contributed by atoms with van der Waals surface area (Å²) in [6.07, 6.45) is 4.23. The molecule has 1 aliphatic rings. The maximum absolute atomic E-state index is 12.0. The molecule has 1 aromatic carbocycles. The van der Waals surface area contributed by atoms with Crippen molar-refractivity contribution in [3.63, 3.8) is 0 Å². The van der Waals surface area contributed by atoms with Crippen LogP contribution < -0.4 is 5.32 Å². The Hall–Kier alpha value is -1.82. The number of hydrogen-bond acceptors (Lipinski definition) is 3. The Morgan fingerprint density at radius 3 is 2.84 bits per heavy atom. The van der Waals surface area contributed by atoms with Crippen molar-refractivity contribution in [2.45, 2.75) is 13.0 Å². The first-order valence-electron chi connectivity index (χ1n) is 8.09. The van der Waals surface area contributed by atoms with E-state index in [9.17, 15) is 4.79 Å². The highest BCUT2D eigenvalue weighted by atomic mass is 35.5. The van der Waals surface area contributed by atoms with Crippen molar-refractivity contribution in [2.75, 3.05) is 25.0 Å². The molecule has 0 saturated carbocycles. The van der Waals surface area contributed by atoms with E-state index in [0.29, 0.717) is 34.9 Å². The lowest BCUT2D eigenvalue weighted by Crippen LogP contribution is -2.51. The van der Waals surface area contributed by atoms with Gasteiger partial charge in [-0.15, -0.1) is 0 Å². The molecule has 2 heterocycles. The number of anilines is 1. The monoisotopic (exact) mass is 379 g/mol. The Bertz CT molecular complexity index is 722. The molecular formula is C18H19Cl2N3O2. The molecule has 25 heavy (non-hydrogen) atoms. The number of carbonyl (C=O) groups excluding carboxylic acids is 1. The van der Waals surface area contributed by atoms with Crippen LogP contribution in [-0.4, -0.2) is 35.6 Å². The summed E-state index contributed by atoms with van der Waals surface area (Å²) in [4.78, 5) is 17.8. The molecule has 3 rings (SSSR count).